The van der Waals surface area contributed by atoms with Gasteiger partial charge in [-0.15, -0.1) is 0 Å². The number of oxazole rings is 1. The number of rotatable bonds is 2. The molecule has 3 heteroatoms. The lowest BCUT2D eigenvalue weighted by Crippen LogP contribution is -1.95. The first kappa shape index (κ1) is 6.29. The van der Waals surface area contributed by atoms with E-state index in [1.165, 1.54) is 6.39 Å². The van der Waals surface area contributed by atoms with E-state index in [1.54, 1.807) is 6.20 Å². The summed E-state index contributed by atoms with van der Waals surface area (Å²) in [5.41, 5.74) is 0. The summed E-state index contributed by atoms with van der Waals surface area (Å²) in [4.78, 5) is 3.71. The summed E-state index contributed by atoms with van der Waals surface area (Å²) in [6, 6.07) is 0. The van der Waals surface area contributed by atoms with Crippen LogP contribution >= 0.6 is 0 Å². The SMILES string of the molecule is CC(CO)c1cnco1. The molecule has 9 heavy (non-hydrogen) atoms. The topological polar surface area (TPSA) is 46.3 Å². The fraction of sp³-hybridized carbons (Fsp3) is 0.500. The van der Waals surface area contributed by atoms with Gasteiger partial charge in [0.2, 0.25) is 0 Å². The third kappa shape index (κ3) is 1.29. The Morgan fingerprint density at radius 3 is 3.11 bits per heavy atom. The summed E-state index contributed by atoms with van der Waals surface area (Å²) in [6.07, 6.45) is 2.97. The molecule has 3 nitrogen and oxygen atoms in total. The highest BCUT2D eigenvalue weighted by Gasteiger charge is 2.05. The van der Waals surface area contributed by atoms with Crippen molar-refractivity contribution in [2.45, 2.75) is 12.8 Å². The van der Waals surface area contributed by atoms with Crippen LogP contribution in [0.25, 0.3) is 0 Å². The van der Waals surface area contributed by atoms with Gasteiger partial charge in [-0.2, -0.15) is 0 Å². The minimum atomic E-state index is 0.0625. The zero-order valence-corrected chi connectivity index (χ0v) is 5.24. The number of aromatic nitrogens is 1. The van der Waals surface area contributed by atoms with Crippen LogP contribution in [0.2, 0.25) is 0 Å². The first-order valence-electron chi connectivity index (χ1n) is 2.84. The third-order valence-corrected chi connectivity index (χ3v) is 1.21. The minimum absolute atomic E-state index is 0.0625. The molecule has 1 N–H and O–H groups in total. The van der Waals surface area contributed by atoms with Crippen LogP contribution < -0.4 is 0 Å². The molecular formula is C6H9NO2. The van der Waals surface area contributed by atoms with Crippen LogP contribution in [0.5, 0.6) is 0 Å². The molecule has 0 aliphatic heterocycles. The number of aliphatic hydroxyl groups is 1. The normalized spacial score (nSPS) is 13.6. The molecule has 1 rings (SSSR count). The molecule has 0 fully saturated rings. The molecule has 0 saturated heterocycles. The number of nitrogens with zero attached hydrogens (tertiary/aromatic N) is 1. The lowest BCUT2D eigenvalue weighted by atomic mass is 10.1. The largest absolute Gasteiger partial charge is 0.448 e. The van der Waals surface area contributed by atoms with Crippen molar-refractivity contribution in [3.63, 3.8) is 0 Å². The number of hydrogen-bond acceptors (Lipinski definition) is 3. The Balaban J connectivity index is 2.65. The van der Waals surface area contributed by atoms with E-state index in [-0.39, 0.29) is 12.5 Å². The zero-order chi connectivity index (χ0) is 6.69. The lowest BCUT2D eigenvalue weighted by molar-refractivity contribution is 0.257. The van der Waals surface area contributed by atoms with Crippen molar-refractivity contribution in [3.05, 3.63) is 18.4 Å². The second kappa shape index (κ2) is 2.64. The predicted molar refractivity (Wildman–Crippen MR) is 32.0 cm³/mol. The Bertz CT molecular complexity index is 160. The summed E-state index contributed by atoms with van der Waals surface area (Å²) in [7, 11) is 0. The molecule has 0 spiro atoms. The molecule has 0 amide bonds. The van der Waals surface area contributed by atoms with E-state index in [2.05, 4.69) is 4.98 Å². The maximum absolute atomic E-state index is 8.62. The highest BCUT2D eigenvalue weighted by Crippen LogP contribution is 2.11. The van der Waals surface area contributed by atoms with E-state index < -0.39 is 0 Å². The van der Waals surface area contributed by atoms with Gasteiger partial charge < -0.3 is 9.52 Å². The second-order valence-corrected chi connectivity index (χ2v) is 1.99. The molecule has 1 aromatic heterocycles. The Hall–Kier alpha value is -0.830. The van der Waals surface area contributed by atoms with Gasteiger partial charge in [-0.3, -0.25) is 0 Å². The molecular weight excluding hydrogens is 118 g/mol. The van der Waals surface area contributed by atoms with Crippen LogP contribution in [0.4, 0.5) is 0 Å². The highest BCUT2D eigenvalue weighted by atomic mass is 16.3. The van der Waals surface area contributed by atoms with E-state index in [4.69, 9.17) is 9.52 Å². The van der Waals surface area contributed by atoms with E-state index in [0.29, 0.717) is 0 Å². The fourth-order valence-electron chi connectivity index (χ4n) is 0.559. The van der Waals surface area contributed by atoms with Crippen LogP contribution in [-0.4, -0.2) is 16.7 Å². The minimum Gasteiger partial charge on any atom is -0.448 e. The van der Waals surface area contributed by atoms with Gasteiger partial charge in [0.1, 0.15) is 5.76 Å². The number of aliphatic hydroxyl groups excluding tert-OH is 1. The van der Waals surface area contributed by atoms with E-state index >= 15 is 0 Å². The van der Waals surface area contributed by atoms with Gasteiger partial charge in [-0.1, -0.05) is 6.92 Å². The summed E-state index contributed by atoms with van der Waals surface area (Å²) in [5.74, 6) is 0.796. The molecule has 0 bridgehead atoms. The molecule has 50 valence electrons. The van der Waals surface area contributed by atoms with Gasteiger partial charge in [0, 0.05) is 5.92 Å². The molecule has 0 saturated carbocycles. The van der Waals surface area contributed by atoms with Crippen LogP contribution in [0, 0.1) is 0 Å². The van der Waals surface area contributed by atoms with Crippen LogP contribution in [0.1, 0.15) is 18.6 Å². The summed E-state index contributed by atoms with van der Waals surface area (Å²) < 4.78 is 4.92. The Labute approximate surface area is 53.3 Å². The average molecular weight is 127 g/mol. The van der Waals surface area contributed by atoms with Gasteiger partial charge in [-0.05, 0) is 0 Å². The summed E-state index contributed by atoms with van der Waals surface area (Å²) in [5, 5.41) is 8.62. The van der Waals surface area contributed by atoms with E-state index in [1.807, 2.05) is 6.92 Å². The van der Waals surface area contributed by atoms with Crippen molar-refractivity contribution in [2.75, 3.05) is 6.61 Å². The molecule has 1 atom stereocenters. The van der Waals surface area contributed by atoms with Crippen LogP contribution in [0.3, 0.4) is 0 Å². The van der Waals surface area contributed by atoms with Crippen LogP contribution in [-0.2, 0) is 0 Å². The number of hydrogen-bond donors (Lipinski definition) is 1. The predicted octanol–water partition coefficient (Wildman–Crippen LogP) is 0.770. The maximum atomic E-state index is 8.62. The fourth-order valence-corrected chi connectivity index (χ4v) is 0.559. The summed E-state index contributed by atoms with van der Waals surface area (Å²) >= 11 is 0. The molecule has 0 aliphatic carbocycles. The van der Waals surface area contributed by atoms with Crippen molar-refractivity contribution in [2.24, 2.45) is 0 Å². The van der Waals surface area contributed by atoms with E-state index in [0.717, 1.165) is 5.76 Å². The molecule has 1 heterocycles. The highest BCUT2D eigenvalue weighted by molar-refractivity contribution is 4.95. The van der Waals surface area contributed by atoms with Crippen molar-refractivity contribution in [1.29, 1.82) is 0 Å². The standard InChI is InChI=1S/C6H9NO2/c1-5(3-8)6-2-7-4-9-6/h2,4-5,8H,3H2,1H3. The van der Waals surface area contributed by atoms with Crippen molar-refractivity contribution in [1.82, 2.24) is 4.98 Å². The van der Waals surface area contributed by atoms with Gasteiger partial charge in [0.25, 0.3) is 0 Å². The van der Waals surface area contributed by atoms with Crippen molar-refractivity contribution in [3.8, 4) is 0 Å². The van der Waals surface area contributed by atoms with Crippen molar-refractivity contribution >= 4 is 0 Å². The van der Waals surface area contributed by atoms with Gasteiger partial charge in [0.05, 0.1) is 12.8 Å². The Morgan fingerprint density at radius 2 is 2.67 bits per heavy atom. The first-order valence-corrected chi connectivity index (χ1v) is 2.84. The molecule has 1 unspecified atom stereocenters. The van der Waals surface area contributed by atoms with Crippen molar-refractivity contribution < 1.29 is 9.52 Å². The quantitative estimate of drug-likeness (QED) is 0.638. The van der Waals surface area contributed by atoms with Gasteiger partial charge in [-0.25, -0.2) is 4.98 Å². The second-order valence-electron chi connectivity index (χ2n) is 1.99. The molecule has 0 aromatic carbocycles. The lowest BCUT2D eigenvalue weighted by Gasteiger charge is -1.99. The van der Waals surface area contributed by atoms with Gasteiger partial charge in [0.15, 0.2) is 6.39 Å². The maximum Gasteiger partial charge on any atom is 0.180 e. The van der Waals surface area contributed by atoms with Gasteiger partial charge >= 0.3 is 0 Å². The smallest absolute Gasteiger partial charge is 0.180 e. The molecule has 1 aromatic rings. The Kier molecular flexibility index (Phi) is 1.85. The van der Waals surface area contributed by atoms with E-state index in [9.17, 15) is 0 Å². The molecule has 0 radical (unpaired) electrons. The Morgan fingerprint density at radius 1 is 1.89 bits per heavy atom. The zero-order valence-electron chi connectivity index (χ0n) is 5.24. The molecule has 0 aliphatic rings. The van der Waals surface area contributed by atoms with Crippen LogP contribution in [0.15, 0.2) is 17.0 Å². The third-order valence-electron chi connectivity index (χ3n) is 1.21. The average Bonchev–Trinajstić information content (AvgIpc) is 2.37. The summed E-state index contributed by atoms with van der Waals surface area (Å²) in [6.45, 7) is 1.98. The first-order chi connectivity index (χ1) is 4.34. The monoisotopic (exact) mass is 127 g/mol.